The highest BCUT2D eigenvalue weighted by atomic mass is 16.3. The molecule has 3 aromatic rings. The van der Waals surface area contributed by atoms with Gasteiger partial charge in [-0.05, 0) is 47.6 Å². The monoisotopic (exact) mass is 275 g/mol. The van der Waals surface area contributed by atoms with Crippen molar-refractivity contribution in [3.63, 3.8) is 0 Å². The molecule has 0 bridgehead atoms. The van der Waals surface area contributed by atoms with Crippen molar-refractivity contribution in [2.45, 2.75) is 24.9 Å². The zero-order valence-corrected chi connectivity index (χ0v) is 11.7. The second kappa shape index (κ2) is 4.97. The van der Waals surface area contributed by atoms with Gasteiger partial charge in [0.05, 0.1) is 5.52 Å². The van der Waals surface area contributed by atoms with Gasteiger partial charge in [-0.2, -0.15) is 0 Å². The van der Waals surface area contributed by atoms with Crippen molar-refractivity contribution in [1.82, 2.24) is 4.98 Å². The van der Waals surface area contributed by atoms with Crippen LogP contribution in [-0.4, -0.2) is 10.1 Å². The van der Waals surface area contributed by atoms with Crippen LogP contribution in [0.4, 0.5) is 0 Å². The van der Waals surface area contributed by atoms with E-state index < -0.39 is 6.10 Å². The number of nitrogens with zero attached hydrogens (tertiary/aromatic N) is 1. The van der Waals surface area contributed by atoms with E-state index in [9.17, 15) is 5.11 Å². The lowest BCUT2D eigenvalue weighted by Crippen LogP contribution is -2.00. The lowest BCUT2D eigenvalue weighted by Gasteiger charge is -2.13. The molecular formula is C19H17NO. The van der Waals surface area contributed by atoms with Crippen LogP contribution in [0, 0.1) is 0 Å². The fourth-order valence-corrected chi connectivity index (χ4v) is 2.81. The summed E-state index contributed by atoms with van der Waals surface area (Å²) < 4.78 is 0. The molecule has 1 saturated carbocycles. The molecule has 1 unspecified atom stereocenters. The first-order valence-corrected chi connectivity index (χ1v) is 7.44. The molecule has 1 fully saturated rings. The van der Waals surface area contributed by atoms with Gasteiger partial charge in [0, 0.05) is 11.6 Å². The molecule has 1 atom stereocenters. The molecule has 0 saturated heterocycles. The summed E-state index contributed by atoms with van der Waals surface area (Å²) >= 11 is 0. The molecule has 2 aromatic carbocycles. The van der Waals surface area contributed by atoms with E-state index in [1.807, 2.05) is 42.5 Å². The maximum Gasteiger partial charge on any atom is 0.104 e. The van der Waals surface area contributed by atoms with Crippen molar-refractivity contribution in [2.24, 2.45) is 0 Å². The maximum absolute atomic E-state index is 10.6. The van der Waals surface area contributed by atoms with Gasteiger partial charge >= 0.3 is 0 Å². The Labute approximate surface area is 124 Å². The molecule has 0 radical (unpaired) electrons. The van der Waals surface area contributed by atoms with E-state index in [0.29, 0.717) is 0 Å². The third-order valence-corrected chi connectivity index (χ3v) is 4.25. The maximum atomic E-state index is 10.6. The van der Waals surface area contributed by atoms with Crippen LogP contribution in [0.15, 0.2) is 60.8 Å². The van der Waals surface area contributed by atoms with Gasteiger partial charge in [-0.25, -0.2) is 0 Å². The van der Waals surface area contributed by atoms with Gasteiger partial charge in [-0.15, -0.1) is 0 Å². The van der Waals surface area contributed by atoms with Crippen molar-refractivity contribution >= 4 is 10.9 Å². The molecule has 1 aliphatic rings. The summed E-state index contributed by atoms with van der Waals surface area (Å²) in [5.41, 5.74) is 4.14. The molecule has 2 heteroatoms. The Morgan fingerprint density at radius 3 is 2.48 bits per heavy atom. The molecule has 0 spiro atoms. The van der Waals surface area contributed by atoms with Crippen molar-refractivity contribution in [3.05, 3.63) is 77.5 Å². The Bertz CT molecular complexity index is 775. The molecule has 0 amide bonds. The van der Waals surface area contributed by atoms with Gasteiger partial charge in [-0.3, -0.25) is 4.98 Å². The summed E-state index contributed by atoms with van der Waals surface area (Å²) in [6, 6.07) is 18.3. The molecular weight excluding hydrogens is 258 g/mol. The van der Waals surface area contributed by atoms with E-state index in [2.05, 4.69) is 17.1 Å². The normalized spacial score (nSPS) is 16.0. The first-order chi connectivity index (χ1) is 10.3. The quantitative estimate of drug-likeness (QED) is 0.777. The Morgan fingerprint density at radius 1 is 0.952 bits per heavy atom. The molecule has 21 heavy (non-hydrogen) atoms. The topological polar surface area (TPSA) is 33.1 Å². The van der Waals surface area contributed by atoms with Gasteiger partial charge < -0.3 is 5.11 Å². The number of fused-ring (bicyclic) bond motifs is 1. The van der Waals surface area contributed by atoms with Crippen LogP contribution in [0.25, 0.3) is 10.9 Å². The van der Waals surface area contributed by atoms with E-state index in [1.54, 1.807) is 6.20 Å². The summed E-state index contributed by atoms with van der Waals surface area (Å²) in [5, 5.41) is 11.7. The van der Waals surface area contributed by atoms with E-state index in [0.717, 1.165) is 27.9 Å². The highest BCUT2D eigenvalue weighted by molar-refractivity contribution is 5.79. The largest absolute Gasteiger partial charge is 0.384 e. The minimum Gasteiger partial charge on any atom is -0.384 e. The van der Waals surface area contributed by atoms with Crippen LogP contribution in [0.1, 0.15) is 41.6 Å². The van der Waals surface area contributed by atoms with Crippen molar-refractivity contribution in [3.8, 4) is 0 Å². The van der Waals surface area contributed by atoms with Crippen LogP contribution >= 0.6 is 0 Å². The summed E-state index contributed by atoms with van der Waals surface area (Å²) in [6.07, 6.45) is 3.80. The number of rotatable bonds is 3. The highest BCUT2D eigenvalue weighted by Crippen LogP contribution is 2.40. The van der Waals surface area contributed by atoms with Crippen LogP contribution in [0.5, 0.6) is 0 Å². The number of aromatic nitrogens is 1. The standard InChI is InChI=1S/C19H17NO/c21-19(16-8-5-14(6-9-16)13-3-4-13)17-10-7-15-2-1-11-20-18(15)12-17/h1-2,5-13,19,21H,3-4H2. The average Bonchev–Trinajstić information content (AvgIpc) is 3.39. The number of hydrogen-bond acceptors (Lipinski definition) is 2. The lowest BCUT2D eigenvalue weighted by atomic mass is 9.98. The first kappa shape index (κ1) is 12.5. The van der Waals surface area contributed by atoms with E-state index in [4.69, 9.17) is 0 Å². The summed E-state index contributed by atoms with van der Waals surface area (Å²) in [6.45, 7) is 0. The fraction of sp³-hybridized carbons (Fsp3) is 0.211. The predicted octanol–water partition coefficient (Wildman–Crippen LogP) is 4.19. The number of aliphatic hydroxyl groups excluding tert-OH is 1. The third kappa shape index (κ3) is 2.43. The number of hydrogen-bond donors (Lipinski definition) is 1. The number of pyridine rings is 1. The Morgan fingerprint density at radius 2 is 1.71 bits per heavy atom. The second-order valence-electron chi connectivity index (χ2n) is 5.80. The average molecular weight is 275 g/mol. The van der Waals surface area contributed by atoms with Gasteiger partial charge in [0.25, 0.3) is 0 Å². The smallest absolute Gasteiger partial charge is 0.104 e. The number of aliphatic hydroxyl groups is 1. The molecule has 4 rings (SSSR count). The second-order valence-corrected chi connectivity index (χ2v) is 5.80. The SMILES string of the molecule is OC(c1ccc(C2CC2)cc1)c1ccc2cccnc2c1. The highest BCUT2D eigenvalue weighted by Gasteiger charge is 2.23. The van der Waals surface area contributed by atoms with Crippen molar-refractivity contribution in [1.29, 1.82) is 0 Å². The first-order valence-electron chi connectivity index (χ1n) is 7.44. The molecule has 1 N–H and O–H groups in total. The summed E-state index contributed by atoms with van der Waals surface area (Å²) in [4.78, 5) is 4.35. The molecule has 1 aromatic heterocycles. The van der Waals surface area contributed by atoms with Gasteiger partial charge in [0.1, 0.15) is 6.10 Å². The zero-order valence-electron chi connectivity index (χ0n) is 11.7. The zero-order chi connectivity index (χ0) is 14.2. The van der Waals surface area contributed by atoms with Crippen LogP contribution < -0.4 is 0 Å². The van der Waals surface area contributed by atoms with E-state index >= 15 is 0 Å². The molecule has 2 nitrogen and oxygen atoms in total. The minimum atomic E-state index is -0.593. The Kier molecular flexibility index (Phi) is 2.97. The van der Waals surface area contributed by atoms with Crippen LogP contribution in [0.3, 0.4) is 0 Å². The van der Waals surface area contributed by atoms with Crippen LogP contribution in [0.2, 0.25) is 0 Å². The fourth-order valence-electron chi connectivity index (χ4n) is 2.81. The van der Waals surface area contributed by atoms with E-state index in [1.165, 1.54) is 18.4 Å². The van der Waals surface area contributed by atoms with E-state index in [-0.39, 0.29) is 0 Å². The third-order valence-electron chi connectivity index (χ3n) is 4.25. The Hall–Kier alpha value is -2.19. The molecule has 104 valence electrons. The number of benzene rings is 2. The molecule has 1 heterocycles. The van der Waals surface area contributed by atoms with Crippen molar-refractivity contribution in [2.75, 3.05) is 0 Å². The lowest BCUT2D eigenvalue weighted by molar-refractivity contribution is 0.220. The minimum absolute atomic E-state index is 0.593. The van der Waals surface area contributed by atoms with Gasteiger partial charge in [-0.1, -0.05) is 42.5 Å². The van der Waals surface area contributed by atoms with Gasteiger partial charge in [0.15, 0.2) is 0 Å². The van der Waals surface area contributed by atoms with Crippen LogP contribution in [-0.2, 0) is 0 Å². The Balaban J connectivity index is 1.66. The summed E-state index contributed by atoms with van der Waals surface area (Å²) in [5.74, 6) is 0.751. The predicted molar refractivity (Wildman–Crippen MR) is 84.2 cm³/mol. The van der Waals surface area contributed by atoms with Crippen molar-refractivity contribution < 1.29 is 5.11 Å². The molecule has 0 aliphatic heterocycles. The molecule has 1 aliphatic carbocycles. The summed E-state index contributed by atoms with van der Waals surface area (Å²) in [7, 11) is 0. The van der Waals surface area contributed by atoms with Gasteiger partial charge in [0.2, 0.25) is 0 Å².